The van der Waals surface area contributed by atoms with E-state index in [4.69, 9.17) is 4.74 Å². The molecule has 5 rings (SSSR count). The molecule has 0 unspecified atom stereocenters. The number of fused-ring (bicyclic) bond motifs is 2. The van der Waals surface area contributed by atoms with Crippen molar-refractivity contribution in [2.24, 2.45) is 0 Å². The van der Waals surface area contributed by atoms with E-state index in [-0.39, 0.29) is 29.4 Å². The third-order valence-electron chi connectivity index (χ3n) is 6.42. The first-order valence-corrected chi connectivity index (χ1v) is 12.6. The summed E-state index contributed by atoms with van der Waals surface area (Å²) in [6, 6.07) is 4.62. The van der Waals surface area contributed by atoms with Crippen molar-refractivity contribution in [2.45, 2.75) is 55.9 Å². The average molecular weight is 501 g/mol. The number of nitrogens with one attached hydrogen (secondary N) is 3. The fourth-order valence-electron chi connectivity index (χ4n) is 4.52. The predicted octanol–water partition coefficient (Wildman–Crippen LogP) is 3.55. The fraction of sp³-hybridized carbons (Fsp3) is 0.417. The minimum Gasteiger partial charge on any atom is -0.481 e. The van der Waals surface area contributed by atoms with Gasteiger partial charge in [0.1, 0.15) is 16.7 Å². The molecule has 0 atom stereocenters. The normalized spacial score (nSPS) is 19.9. The van der Waals surface area contributed by atoms with Crippen LogP contribution in [0, 0.1) is 11.6 Å². The zero-order valence-corrected chi connectivity index (χ0v) is 20.1. The smallest absolute Gasteiger partial charge is 0.236 e. The SMILES string of the molecule is COc1ccc2c(F)cc(F)c(CNC3CCC(NCc4cnc5c(n4)NC(=O)CS5)CC3)c2n1. The number of rotatable bonds is 7. The minimum atomic E-state index is -0.632. The van der Waals surface area contributed by atoms with Crippen LogP contribution < -0.4 is 20.7 Å². The van der Waals surface area contributed by atoms with Crippen LogP contribution in [0.4, 0.5) is 14.6 Å². The van der Waals surface area contributed by atoms with E-state index >= 15 is 0 Å². The van der Waals surface area contributed by atoms with Gasteiger partial charge >= 0.3 is 0 Å². The lowest BCUT2D eigenvalue weighted by Gasteiger charge is -2.30. The van der Waals surface area contributed by atoms with Crippen LogP contribution in [0.2, 0.25) is 0 Å². The molecule has 0 bridgehead atoms. The maximum Gasteiger partial charge on any atom is 0.236 e. The number of pyridine rings is 1. The van der Waals surface area contributed by atoms with Crippen LogP contribution in [0.25, 0.3) is 10.9 Å². The van der Waals surface area contributed by atoms with Gasteiger partial charge in [-0.05, 0) is 31.7 Å². The summed E-state index contributed by atoms with van der Waals surface area (Å²) in [6.07, 6.45) is 5.52. The van der Waals surface area contributed by atoms with E-state index in [1.807, 2.05) is 0 Å². The summed E-state index contributed by atoms with van der Waals surface area (Å²) in [5, 5.41) is 10.7. The van der Waals surface area contributed by atoms with E-state index in [1.54, 1.807) is 18.3 Å². The number of thioether (sulfide) groups is 1. The van der Waals surface area contributed by atoms with Crippen molar-refractivity contribution in [3.8, 4) is 5.88 Å². The predicted molar refractivity (Wildman–Crippen MR) is 129 cm³/mol. The highest BCUT2D eigenvalue weighted by Gasteiger charge is 2.23. The standard InChI is InChI=1S/C24H26F2N6O2S/c1-34-21-7-6-16-18(25)8-19(26)17(22(16)32-21)11-28-14-4-2-13(3-5-14)27-9-15-10-29-24-23(30-15)31-20(33)12-35-24/h6-8,10,13-14,27-28H,2-5,9,11-12H2,1H3,(H,30,31,33). The molecule has 1 aromatic carbocycles. The van der Waals surface area contributed by atoms with E-state index in [0.717, 1.165) is 42.5 Å². The molecular weight excluding hydrogens is 474 g/mol. The van der Waals surface area contributed by atoms with E-state index in [1.165, 1.54) is 18.9 Å². The first-order chi connectivity index (χ1) is 17.0. The van der Waals surface area contributed by atoms with Crippen molar-refractivity contribution in [2.75, 3.05) is 18.2 Å². The van der Waals surface area contributed by atoms with Gasteiger partial charge in [-0.2, -0.15) is 0 Å². The van der Waals surface area contributed by atoms with Gasteiger partial charge in [0, 0.05) is 48.3 Å². The molecule has 1 aliphatic carbocycles. The van der Waals surface area contributed by atoms with Crippen LogP contribution in [0.15, 0.2) is 29.4 Å². The number of ether oxygens (including phenoxy) is 1. The van der Waals surface area contributed by atoms with E-state index in [9.17, 15) is 13.6 Å². The van der Waals surface area contributed by atoms with Gasteiger partial charge in [-0.25, -0.2) is 23.7 Å². The van der Waals surface area contributed by atoms with Crippen molar-refractivity contribution < 1.29 is 18.3 Å². The van der Waals surface area contributed by atoms with E-state index < -0.39 is 11.6 Å². The number of nitrogens with zero attached hydrogens (tertiary/aromatic N) is 3. The summed E-state index contributed by atoms with van der Waals surface area (Å²) in [7, 11) is 1.48. The summed E-state index contributed by atoms with van der Waals surface area (Å²) in [4.78, 5) is 24.8. The van der Waals surface area contributed by atoms with Crippen molar-refractivity contribution in [1.29, 1.82) is 0 Å². The van der Waals surface area contributed by atoms with Crippen LogP contribution in [-0.2, 0) is 17.9 Å². The number of hydrogen-bond donors (Lipinski definition) is 3. The van der Waals surface area contributed by atoms with E-state index in [2.05, 4.69) is 30.9 Å². The number of amides is 1. The quantitative estimate of drug-likeness (QED) is 0.453. The number of carbonyl (C=O) groups excluding carboxylic acids is 1. The Hall–Kier alpha value is -2.89. The monoisotopic (exact) mass is 500 g/mol. The van der Waals surface area contributed by atoms with Crippen LogP contribution >= 0.6 is 11.8 Å². The Labute approximate surface area is 205 Å². The molecule has 0 radical (unpaired) electrons. The largest absolute Gasteiger partial charge is 0.481 e. The Bertz CT molecular complexity index is 1250. The molecule has 8 nitrogen and oxygen atoms in total. The number of hydrogen-bond acceptors (Lipinski definition) is 8. The maximum atomic E-state index is 14.6. The Balaban J connectivity index is 1.15. The Morgan fingerprint density at radius 1 is 1.09 bits per heavy atom. The summed E-state index contributed by atoms with van der Waals surface area (Å²) < 4.78 is 34.0. The minimum absolute atomic E-state index is 0.0591. The Morgan fingerprint density at radius 3 is 2.57 bits per heavy atom. The molecule has 3 heterocycles. The zero-order chi connectivity index (χ0) is 24.4. The van der Waals surface area contributed by atoms with Crippen molar-refractivity contribution in [3.05, 3.63) is 47.3 Å². The molecule has 0 spiro atoms. The molecule has 1 fully saturated rings. The summed E-state index contributed by atoms with van der Waals surface area (Å²) in [5.74, 6) is -0.0832. The van der Waals surface area contributed by atoms with Gasteiger partial charge in [0.2, 0.25) is 11.8 Å². The van der Waals surface area contributed by atoms with Crippen LogP contribution in [0.3, 0.4) is 0 Å². The van der Waals surface area contributed by atoms with Crippen LogP contribution in [0.5, 0.6) is 5.88 Å². The number of halogens is 2. The maximum absolute atomic E-state index is 14.6. The Morgan fingerprint density at radius 2 is 1.83 bits per heavy atom. The molecule has 184 valence electrons. The highest BCUT2D eigenvalue weighted by molar-refractivity contribution is 8.00. The number of aromatic nitrogens is 3. The highest BCUT2D eigenvalue weighted by Crippen LogP contribution is 2.28. The third kappa shape index (κ3) is 5.36. The number of anilines is 1. The molecule has 2 aromatic heterocycles. The van der Waals surface area contributed by atoms with Gasteiger partial charge in [0.05, 0.1) is 30.3 Å². The second kappa shape index (κ2) is 10.4. The van der Waals surface area contributed by atoms with Gasteiger partial charge in [0.15, 0.2) is 5.82 Å². The fourth-order valence-corrected chi connectivity index (χ4v) is 5.22. The molecule has 3 aromatic rings. The molecule has 35 heavy (non-hydrogen) atoms. The number of benzene rings is 1. The van der Waals surface area contributed by atoms with Crippen LogP contribution in [0.1, 0.15) is 36.9 Å². The van der Waals surface area contributed by atoms with Gasteiger partial charge in [0.25, 0.3) is 0 Å². The molecular formula is C24H26F2N6O2S. The van der Waals surface area contributed by atoms with Gasteiger partial charge in [-0.15, -0.1) is 0 Å². The topological polar surface area (TPSA) is 101 Å². The molecule has 11 heteroatoms. The van der Waals surface area contributed by atoms with E-state index in [0.29, 0.717) is 35.6 Å². The lowest BCUT2D eigenvalue weighted by atomic mass is 9.91. The van der Waals surface area contributed by atoms with Crippen molar-refractivity contribution in [1.82, 2.24) is 25.6 Å². The molecule has 1 amide bonds. The van der Waals surface area contributed by atoms with Gasteiger partial charge in [-0.3, -0.25) is 4.79 Å². The molecule has 2 aliphatic rings. The van der Waals surface area contributed by atoms with Gasteiger partial charge in [-0.1, -0.05) is 11.8 Å². The highest BCUT2D eigenvalue weighted by atomic mass is 32.2. The first kappa shape index (κ1) is 23.8. The summed E-state index contributed by atoms with van der Waals surface area (Å²) >= 11 is 1.39. The second-order valence-corrected chi connectivity index (χ2v) is 9.69. The lowest BCUT2D eigenvalue weighted by molar-refractivity contribution is -0.113. The van der Waals surface area contributed by atoms with Crippen molar-refractivity contribution in [3.63, 3.8) is 0 Å². The first-order valence-electron chi connectivity index (χ1n) is 11.6. The average Bonchev–Trinajstić information content (AvgIpc) is 2.87. The summed E-state index contributed by atoms with van der Waals surface area (Å²) in [6.45, 7) is 0.837. The van der Waals surface area contributed by atoms with Gasteiger partial charge < -0.3 is 20.7 Å². The number of carbonyl (C=O) groups is 1. The second-order valence-electron chi connectivity index (χ2n) is 8.73. The molecule has 1 aliphatic heterocycles. The number of methoxy groups -OCH3 is 1. The molecule has 1 saturated carbocycles. The Kier molecular flexibility index (Phi) is 7.07. The lowest BCUT2D eigenvalue weighted by Crippen LogP contribution is -2.39. The molecule has 3 N–H and O–H groups in total. The van der Waals surface area contributed by atoms with Crippen LogP contribution in [-0.4, -0.2) is 45.8 Å². The zero-order valence-electron chi connectivity index (χ0n) is 19.2. The van der Waals surface area contributed by atoms with Crippen molar-refractivity contribution >= 4 is 34.4 Å². The molecule has 0 saturated heterocycles. The summed E-state index contributed by atoms with van der Waals surface area (Å²) in [5.41, 5.74) is 1.41. The third-order valence-corrected chi connectivity index (χ3v) is 7.40.